The molecule has 0 fully saturated rings. The Bertz CT molecular complexity index is 2250. The van der Waals surface area contributed by atoms with Gasteiger partial charge in [0.25, 0.3) is 5.91 Å². The van der Waals surface area contributed by atoms with Crippen molar-refractivity contribution in [1.29, 1.82) is 0 Å². The summed E-state index contributed by atoms with van der Waals surface area (Å²) in [6.45, 7) is -0.516. The van der Waals surface area contributed by atoms with Gasteiger partial charge in [0.15, 0.2) is 0 Å². The van der Waals surface area contributed by atoms with Crippen LogP contribution < -0.4 is 26.0 Å². The number of allylic oxidation sites excluding steroid dienone is 1. The summed E-state index contributed by atoms with van der Waals surface area (Å²) >= 11 is 0. The van der Waals surface area contributed by atoms with Crippen LogP contribution in [-0.4, -0.2) is 66.2 Å². The molecule has 0 bridgehead atoms. The monoisotopic (exact) mass is 812 g/mol. The lowest BCUT2D eigenvalue weighted by Gasteiger charge is -2.24. The van der Waals surface area contributed by atoms with E-state index >= 15 is 0 Å². The second-order valence-corrected chi connectivity index (χ2v) is 14.4. The molecule has 1 aliphatic rings. The first-order valence-electron chi connectivity index (χ1n) is 19.8. The number of aliphatic hydroxyl groups excluding tert-OH is 1. The number of aliphatic hydroxyl groups is 1. The molecule has 6 rings (SSSR count). The predicted octanol–water partition coefficient (Wildman–Crippen LogP) is 5.76. The van der Waals surface area contributed by atoms with Gasteiger partial charge < -0.3 is 40.6 Å². The highest BCUT2D eigenvalue weighted by Gasteiger charge is 2.31. The lowest BCUT2D eigenvalue weighted by Crippen LogP contribution is -2.51. The third-order valence-electron chi connectivity index (χ3n) is 9.83. The quantitative estimate of drug-likeness (QED) is 0.0689. The maximum atomic E-state index is 13.8. The topological polar surface area (TPSA) is 181 Å². The molecule has 5 aromatic carbocycles. The SMILES string of the molecule is O=C(CC1CC=CCC(NC(=O)OCc2ccccc2)C(=O)OCC(C(=O)Nc2ccc3ccccc3c2)NC1=O)NC(CO)Cc1ccc(OCc2ccccc2)cc1. The van der Waals surface area contributed by atoms with Gasteiger partial charge in [0.2, 0.25) is 11.8 Å². The number of esters is 1. The molecular formula is C47H48N4O9. The zero-order chi connectivity index (χ0) is 42.1. The number of benzene rings is 5. The predicted molar refractivity (Wildman–Crippen MR) is 225 cm³/mol. The summed E-state index contributed by atoms with van der Waals surface area (Å²) in [5, 5.41) is 22.9. The number of fused-ring (bicyclic) bond motifs is 1. The zero-order valence-corrected chi connectivity index (χ0v) is 33.0. The Kier molecular flexibility index (Phi) is 15.4. The third kappa shape index (κ3) is 13.0. The van der Waals surface area contributed by atoms with E-state index < -0.39 is 60.4 Å². The number of hydrogen-bond donors (Lipinski definition) is 5. The van der Waals surface area contributed by atoms with Gasteiger partial charge >= 0.3 is 12.1 Å². The van der Waals surface area contributed by atoms with Gasteiger partial charge in [-0.25, -0.2) is 9.59 Å². The minimum Gasteiger partial charge on any atom is -0.489 e. The van der Waals surface area contributed by atoms with Crippen LogP contribution in [0.3, 0.4) is 0 Å². The van der Waals surface area contributed by atoms with Gasteiger partial charge in [-0.2, -0.15) is 0 Å². The van der Waals surface area contributed by atoms with E-state index in [-0.39, 0.29) is 32.5 Å². The van der Waals surface area contributed by atoms with Crippen molar-refractivity contribution in [3.63, 3.8) is 0 Å². The number of hydrogen-bond acceptors (Lipinski definition) is 9. The van der Waals surface area contributed by atoms with Crippen molar-refractivity contribution >= 4 is 46.2 Å². The molecule has 4 atom stereocenters. The van der Waals surface area contributed by atoms with Crippen molar-refractivity contribution in [2.45, 2.75) is 57.0 Å². The minimum atomic E-state index is -1.36. The number of nitrogens with one attached hydrogen (secondary N) is 4. The Labute approximate surface area is 348 Å². The normalized spacial score (nSPS) is 17.4. The molecular weight excluding hydrogens is 765 g/mol. The van der Waals surface area contributed by atoms with Crippen LogP contribution in [0, 0.1) is 5.92 Å². The fourth-order valence-corrected chi connectivity index (χ4v) is 6.55. The van der Waals surface area contributed by atoms with Crippen molar-refractivity contribution in [3.8, 4) is 5.75 Å². The number of ether oxygens (including phenoxy) is 3. The Balaban J connectivity index is 1.12. The van der Waals surface area contributed by atoms with Crippen LogP contribution in [0.5, 0.6) is 5.75 Å². The lowest BCUT2D eigenvalue weighted by molar-refractivity contribution is -0.148. The first-order chi connectivity index (χ1) is 29.2. The number of rotatable bonds is 14. The Morgan fingerprint density at radius 3 is 2.15 bits per heavy atom. The second kappa shape index (κ2) is 21.7. The Morgan fingerprint density at radius 1 is 0.767 bits per heavy atom. The standard InChI is InChI=1S/C47H48N4O9/c52-28-39(25-32-19-23-40(24-20-32)58-29-33-11-3-1-4-12-33)48-43(53)27-37-17-9-10-18-41(51-47(57)60-30-34-13-5-2-6-14-34)46(56)59-31-42(50-44(37)54)45(55)49-38-22-21-35-15-7-8-16-36(35)26-38/h1-16,19-24,26,37,39,41-42,52H,17-18,25,27-31H2,(H,48,53)(H,49,55)(H,50,54)(H,51,57). The van der Waals surface area contributed by atoms with Crippen LogP contribution >= 0.6 is 0 Å². The molecule has 0 saturated heterocycles. The minimum absolute atomic E-state index is 0.0174. The van der Waals surface area contributed by atoms with Crippen molar-refractivity contribution in [3.05, 3.63) is 156 Å². The summed E-state index contributed by atoms with van der Waals surface area (Å²) in [6, 6.07) is 36.0. The molecule has 0 spiro atoms. The highest BCUT2D eigenvalue weighted by molar-refractivity contribution is 6.00. The summed E-state index contributed by atoms with van der Waals surface area (Å²) in [6.07, 6.45) is 2.49. The Morgan fingerprint density at radius 2 is 1.43 bits per heavy atom. The smallest absolute Gasteiger partial charge is 0.408 e. The summed E-state index contributed by atoms with van der Waals surface area (Å²) in [5.74, 6) is -2.87. The lowest BCUT2D eigenvalue weighted by atomic mass is 9.97. The molecule has 0 aliphatic carbocycles. The van der Waals surface area contributed by atoms with Crippen molar-refractivity contribution in [1.82, 2.24) is 16.0 Å². The molecule has 0 aromatic heterocycles. The molecule has 0 radical (unpaired) electrons. The highest BCUT2D eigenvalue weighted by atomic mass is 16.6. The van der Waals surface area contributed by atoms with E-state index in [1.807, 2.05) is 103 Å². The molecule has 13 heteroatoms. The first-order valence-corrected chi connectivity index (χ1v) is 19.8. The molecule has 5 N–H and O–H groups in total. The van der Waals surface area contributed by atoms with E-state index in [4.69, 9.17) is 14.2 Å². The summed E-state index contributed by atoms with van der Waals surface area (Å²) in [4.78, 5) is 67.1. The van der Waals surface area contributed by atoms with Gasteiger partial charge in [-0.15, -0.1) is 0 Å². The van der Waals surface area contributed by atoms with Gasteiger partial charge in [0, 0.05) is 12.1 Å². The highest BCUT2D eigenvalue weighted by Crippen LogP contribution is 2.20. The molecule has 1 aliphatic heterocycles. The van der Waals surface area contributed by atoms with Crippen molar-refractivity contribution in [2.24, 2.45) is 5.92 Å². The van der Waals surface area contributed by atoms with Crippen LogP contribution in [0.1, 0.15) is 36.0 Å². The Hall–Kier alpha value is -6.99. The van der Waals surface area contributed by atoms with E-state index in [1.165, 1.54) is 0 Å². The van der Waals surface area contributed by atoms with Crippen LogP contribution in [0.15, 0.2) is 140 Å². The maximum Gasteiger partial charge on any atom is 0.408 e. The third-order valence-corrected chi connectivity index (χ3v) is 9.83. The first kappa shape index (κ1) is 42.6. The van der Waals surface area contributed by atoms with Crippen molar-refractivity contribution in [2.75, 3.05) is 18.5 Å². The maximum absolute atomic E-state index is 13.8. The largest absolute Gasteiger partial charge is 0.489 e. The summed E-state index contributed by atoms with van der Waals surface area (Å²) in [7, 11) is 0. The van der Waals surface area contributed by atoms with Gasteiger partial charge in [-0.05, 0) is 71.0 Å². The van der Waals surface area contributed by atoms with E-state index in [9.17, 15) is 29.1 Å². The average molecular weight is 813 g/mol. The van der Waals surface area contributed by atoms with E-state index in [1.54, 1.807) is 36.4 Å². The zero-order valence-electron chi connectivity index (χ0n) is 33.0. The molecule has 5 aromatic rings. The molecule has 13 nitrogen and oxygen atoms in total. The average Bonchev–Trinajstić information content (AvgIpc) is 3.27. The van der Waals surface area contributed by atoms with Crippen LogP contribution in [0.2, 0.25) is 0 Å². The van der Waals surface area contributed by atoms with Crippen LogP contribution in [-0.2, 0) is 48.3 Å². The van der Waals surface area contributed by atoms with Crippen LogP contribution in [0.4, 0.5) is 10.5 Å². The molecule has 0 saturated carbocycles. The van der Waals surface area contributed by atoms with Gasteiger partial charge in [-0.1, -0.05) is 115 Å². The van der Waals surface area contributed by atoms with Gasteiger partial charge in [0.05, 0.1) is 18.6 Å². The van der Waals surface area contributed by atoms with E-state index in [0.29, 0.717) is 24.5 Å². The summed E-state index contributed by atoms with van der Waals surface area (Å²) in [5.41, 5.74) is 3.10. The molecule has 4 unspecified atom stereocenters. The number of anilines is 1. The number of alkyl carbamates (subject to hydrolysis) is 1. The number of amides is 4. The fourth-order valence-electron chi connectivity index (χ4n) is 6.55. The van der Waals surface area contributed by atoms with Gasteiger partial charge in [-0.3, -0.25) is 14.4 Å². The number of cyclic esters (lactones) is 1. The fraction of sp³-hybridized carbons (Fsp3) is 0.255. The van der Waals surface area contributed by atoms with E-state index in [0.717, 1.165) is 27.5 Å². The summed E-state index contributed by atoms with van der Waals surface area (Å²) < 4.78 is 16.7. The van der Waals surface area contributed by atoms with Crippen LogP contribution in [0.25, 0.3) is 10.8 Å². The van der Waals surface area contributed by atoms with Gasteiger partial charge in [0.1, 0.15) is 37.7 Å². The van der Waals surface area contributed by atoms with Crippen molar-refractivity contribution < 1.29 is 43.3 Å². The van der Waals surface area contributed by atoms with E-state index in [2.05, 4.69) is 21.3 Å². The number of carbonyl (C=O) groups is 5. The number of carbonyl (C=O) groups excluding carboxylic acids is 5. The second-order valence-electron chi connectivity index (χ2n) is 14.4. The molecule has 4 amide bonds. The molecule has 60 heavy (non-hydrogen) atoms. The molecule has 1 heterocycles. The molecule has 310 valence electrons.